The molecule has 1 unspecified atom stereocenters. The molecule has 0 bridgehead atoms. The van der Waals surface area contributed by atoms with Gasteiger partial charge in [0, 0.05) is 6.42 Å². The Kier molecular flexibility index (Phi) is 4.77. The van der Waals surface area contributed by atoms with Crippen molar-refractivity contribution >= 4 is 0 Å². The van der Waals surface area contributed by atoms with Gasteiger partial charge in [0.15, 0.2) is 0 Å². The third-order valence-corrected chi connectivity index (χ3v) is 2.35. The van der Waals surface area contributed by atoms with E-state index in [2.05, 4.69) is 31.9 Å². The Balaban J connectivity index is 2.60. The SMILES string of the molecule is C#CCC(C)c1ccc(OCCC)cc1. The maximum absolute atomic E-state index is 5.51. The molecule has 0 saturated carbocycles. The molecule has 1 atom stereocenters. The highest BCUT2D eigenvalue weighted by Crippen LogP contribution is 2.21. The van der Waals surface area contributed by atoms with Crippen molar-refractivity contribution in [1.82, 2.24) is 0 Å². The van der Waals surface area contributed by atoms with E-state index < -0.39 is 0 Å². The minimum absolute atomic E-state index is 0.426. The zero-order valence-electron chi connectivity index (χ0n) is 9.49. The average Bonchev–Trinajstić information content (AvgIpc) is 2.27. The molecule has 0 aromatic heterocycles. The van der Waals surface area contributed by atoms with Crippen molar-refractivity contribution in [2.24, 2.45) is 0 Å². The van der Waals surface area contributed by atoms with Gasteiger partial charge in [-0.3, -0.25) is 0 Å². The third-order valence-electron chi connectivity index (χ3n) is 2.35. The van der Waals surface area contributed by atoms with Crippen LogP contribution in [-0.4, -0.2) is 6.61 Å². The summed E-state index contributed by atoms with van der Waals surface area (Å²) in [6.07, 6.45) is 7.11. The summed E-state index contributed by atoms with van der Waals surface area (Å²) in [5, 5.41) is 0. The van der Waals surface area contributed by atoms with Crippen molar-refractivity contribution in [2.45, 2.75) is 32.6 Å². The molecule has 0 amide bonds. The van der Waals surface area contributed by atoms with Gasteiger partial charge in [-0.1, -0.05) is 26.0 Å². The van der Waals surface area contributed by atoms with Crippen molar-refractivity contribution < 1.29 is 4.74 Å². The van der Waals surface area contributed by atoms with Crippen LogP contribution in [0.2, 0.25) is 0 Å². The fourth-order valence-corrected chi connectivity index (χ4v) is 1.41. The van der Waals surface area contributed by atoms with Gasteiger partial charge >= 0.3 is 0 Å². The lowest BCUT2D eigenvalue weighted by Gasteiger charge is -2.09. The molecule has 1 heteroatoms. The highest BCUT2D eigenvalue weighted by Gasteiger charge is 2.03. The van der Waals surface area contributed by atoms with Crippen molar-refractivity contribution in [2.75, 3.05) is 6.61 Å². The lowest BCUT2D eigenvalue weighted by Crippen LogP contribution is -1.96. The van der Waals surface area contributed by atoms with E-state index in [9.17, 15) is 0 Å². The number of hydrogen-bond acceptors (Lipinski definition) is 1. The second-order valence-electron chi connectivity index (χ2n) is 3.73. The van der Waals surface area contributed by atoms with Crippen LogP contribution in [0.3, 0.4) is 0 Å². The number of benzene rings is 1. The predicted molar refractivity (Wildman–Crippen MR) is 64.1 cm³/mol. The molecule has 1 rings (SSSR count). The fraction of sp³-hybridized carbons (Fsp3) is 0.429. The third kappa shape index (κ3) is 3.67. The Morgan fingerprint density at radius 2 is 2.00 bits per heavy atom. The Bertz CT molecular complexity index is 318. The van der Waals surface area contributed by atoms with Crippen LogP contribution < -0.4 is 4.74 Å². The normalized spacial score (nSPS) is 11.8. The summed E-state index contributed by atoms with van der Waals surface area (Å²) in [5.74, 6) is 4.05. The standard InChI is InChI=1S/C14H18O/c1-4-6-12(3)13-7-9-14(10-8-13)15-11-5-2/h1,7-10,12H,5-6,11H2,2-3H3. The molecule has 1 nitrogen and oxygen atoms in total. The smallest absolute Gasteiger partial charge is 0.119 e. The van der Waals surface area contributed by atoms with Gasteiger partial charge in [0.1, 0.15) is 5.75 Å². The molecule has 0 aliphatic carbocycles. The van der Waals surface area contributed by atoms with Crippen molar-refractivity contribution in [3.8, 4) is 18.1 Å². The molecule has 0 spiro atoms. The van der Waals surface area contributed by atoms with E-state index in [1.54, 1.807) is 0 Å². The maximum Gasteiger partial charge on any atom is 0.119 e. The van der Waals surface area contributed by atoms with Crippen LogP contribution in [-0.2, 0) is 0 Å². The first-order valence-electron chi connectivity index (χ1n) is 5.44. The molecule has 1 aromatic rings. The second kappa shape index (κ2) is 6.14. The number of hydrogen-bond donors (Lipinski definition) is 0. The molecule has 0 radical (unpaired) electrons. The first kappa shape index (κ1) is 11.7. The number of rotatable bonds is 5. The van der Waals surface area contributed by atoms with Gasteiger partial charge in [0.05, 0.1) is 6.61 Å². The summed E-state index contributed by atoms with van der Waals surface area (Å²) >= 11 is 0. The van der Waals surface area contributed by atoms with Crippen molar-refractivity contribution in [1.29, 1.82) is 0 Å². The summed E-state index contributed by atoms with van der Waals surface area (Å²) in [7, 11) is 0. The lowest BCUT2D eigenvalue weighted by atomic mass is 9.98. The monoisotopic (exact) mass is 202 g/mol. The molecule has 80 valence electrons. The first-order valence-corrected chi connectivity index (χ1v) is 5.44. The van der Waals surface area contributed by atoms with Crippen LogP contribution in [0.4, 0.5) is 0 Å². The van der Waals surface area contributed by atoms with Gasteiger partial charge < -0.3 is 4.74 Å². The summed E-state index contributed by atoms with van der Waals surface area (Å²) < 4.78 is 5.51. The Morgan fingerprint density at radius 3 is 2.53 bits per heavy atom. The van der Waals surface area contributed by atoms with Crippen LogP contribution in [0.1, 0.15) is 38.2 Å². The van der Waals surface area contributed by atoms with Gasteiger partial charge in [-0.2, -0.15) is 0 Å². The van der Waals surface area contributed by atoms with E-state index in [-0.39, 0.29) is 0 Å². The summed E-state index contributed by atoms with van der Waals surface area (Å²) in [5.41, 5.74) is 1.27. The van der Waals surface area contributed by atoms with E-state index in [0.717, 1.165) is 25.2 Å². The van der Waals surface area contributed by atoms with Crippen molar-refractivity contribution in [3.05, 3.63) is 29.8 Å². The fourth-order valence-electron chi connectivity index (χ4n) is 1.41. The molecule has 0 N–H and O–H groups in total. The largest absolute Gasteiger partial charge is 0.494 e. The topological polar surface area (TPSA) is 9.23 Å². The van der Waals surface area contributed by atoms with Gasteiger partial charge in [-0.15, -0.1) is 12.3 Å². The van der Waals surface area contributed by atoms with Crippen LogP contribution in [0.25, 0.3) is 0 Å². The molecule has 1 aromatic carbocycles. The Labute approximate surface area is 92.5 Å². The predicted octanol–water partition coefficient (Wildman–Crippen LogP) is 3.60. The number of terminal acetylenes is 1. The number of ether oxygens (including phenoxy) is 1. The molecule has 0 saturated heterocycles. The van der Waals surface area contributed by atoms with Gasteiger partial charge in [0.2, 0.25) is 0 Å². The minimum atomic E-state index is 0.426. The van der Waals surface area contributed by atoms with Crippen LogP contribution >= 0.6 is 0 Å². The van der Waals surface area contributed by atoms with E-state index in [0.29, 0.717) is 5.92 Å². The Morgan fingerprint density at radius 1 is 1.33 bits per heavy atom. The highest BCUT2D eigenvalue weighted by molar-refractivity contribution is 5.29. The maximum atomic E-state index is 5.51. The van der Waals surface area contributed by atoms with E-state index in [1.165, 1.54) is 5.56 Å². The zero-order valence-corrected chi connectivity index (χ0v) is 9.49. The molecule has 0 fully saturated rings. The quantitative estimate of drug-likeness (QED) is 0.663. The minimum Gasteiger partial charge on any atom is -0.494 e. The van der Waals surface area contributed by atoms with Crippen LogP contribution in [0, 0.1) is 12.3 Å². The summed E-state index contributed by atoms with van der Waals surface area (Å²) in [4.78, 5) is 0. The molecular formula is C14H18O. The summed E-state index contributed by atoms with van der Waals surface area (Å²) in [6, 6.07) is 8.20. The Hall–Kier alpha value is -1.42. The summed E-state index contributed by atoms with van der Waals surface area (Å²) in [6.45, 7) is 5.02. The van der Waals surface area contributed by atoms with Gasteiger partial charge in [0.25, 0.3) is 0 Å². The zero-order chi connectivity index (χ0) is 11.1. The van der Waals surface area contributed by atoms with E-state index >= 15 is 0 Å². The van der Waals surface area contributed by atoms with Crippen LogP contribution in [0.15, 0.2) is 24.3 Å². The molecule has 0 heterocycles. The van der Waals surface area contributed by atoms with Crippen LogP contribution in [0.5, 0.6) is 5.75 Å². The van der Waals surface area contributed by atoms with E-state index in [1.807, 2.05) is 12.1 Å². The average molecular weight is 202 g/mol. The molecule has 15 heavy (non-hydrogen) atoms. The van der Waals surface area contributed by atoms with E-state index in [4.69, 9.17) is 11.2 Å². The first-order chi connectivity index (χ1) is 7.27. The highest BCUT2D eigenvalue weighted by atomic mass is 16.5. The van der Waals surface area contributed by atoms with Gasteiger partial charge in [-0.05, 0) is 30.0 Å². The molecular weight excluding hydrogens is 184 g/mol. The molecule has 0 aliphatic rings. The lowest BCUT2D eigenvalue weighted by molar-refractivity contribution is 0.317. The van der Waals surface area contributed by atoms with Gasteiger partial charge in [-0.25, -0.2) is 0 Å². The second-order valence-corrected chi connectivity index (χ2v) is 3.73. The molecule has 0 aliphatic heterocycles. The van der Waals surface area contributed by atoms with Crippen molar-refractivity contribution in [3.63, 3.8) is 0 Å².